The van der Waals surface area contributed by atoms with Crippen molar-refractivity contribution >= 4 is 323 Å². The number of hydrogen-bond donors (Lipinski definition) is 12. The molecule has 442 valence electrons. The Labute approximate surface area is 644 Å². The van der Waals surface area contributed by atoms with Crippen molar-refractivity contribution in [3.05, 3.63) is 168 Å². The van der Waals surface area contributed by atoms with E-state index < -0.39 is 153 Å². The predicted molar refractivity (Wildman–Crippen MR) is 332 cm³/mol. The fourth-order valence-electron chi connectivity index (χ4n) is 8.06. The average molecular weight is 1410 g/mol. The molecule has 8 aromatic rings. The van der Waals surface area contributed by atoms with Gasteiger partial charge >= 0.3 is 6.03 Å². The van der Waals surface area contributed by atoms with E-state index in [2.05, 4.69) is 31.9 Å². The van der Waals surface area contributed by atoms with Crippen LogP contribution in [0.5, 0.6) is 0 Å². The van der Waals surface area contributed by atoms with E-state index in [-0.39, 0.29) is 222 Å². The summed E-state index contributed by atoms with van der Waals surface area (Å²) < 4.78 is 204. The summed E-state index contributed by atoms with van der Waals surface area (Å²) in [5.41, 5.74) is -0.118. The molecule has 90 heavy (non-hydrogen) atoms. The van der Waals surface area contributed by atoms with Crippen LogP contribution in [-0.4, -0.2) is 285 Å². The van der Waals surface area contributed by atoms with Crippen molar-refractivity contribution in [3.63, 3.8) is 0 Å². The third kappa shape index (κ3) is 20.5. The van der Waals surface area contributed by atoms with E-state index in [1.54, 1.807) is 0 Å². The molecule has 41 heteroatoms. The van der Waals surface area contributed by atoms with Crippen LogP contribution in [0, 0.1) is 0 Å². The van der Waals surface area contributed by atoms with Crippen molar-refractivity contribution < 1.29 is 102 Å². The van der Waals surface area contributed by atoms with Gasteiger partial charge in [-0.1, -0.05) is 0 Å². The Morgan fingerprint density at radius 3 is 0.733 bits per heavy atom. The molecule has 0 aliphatic rings. The van der Waals surface area contributed by atoms with E-state index >= 15 is 0 Å². The van der Waals surface area contributed by atoms with Gasteiger partial charge in [-0.2, -0.15) is 50.5 Å². The first kappa shape index (κ1) is 83.0. The second-order valence-electron chi connectivity index (χ2n) is 17.5. The maximum absolute atomic E-state index is 13.3. The summed E-state index contributed by atoms with van der Waals surface area (Å²) in [5, 5.41) is 11.8. The van der Waals surface area contributed by atoms with Gasteiger partial charge in [0, 0.05) is 244 Å². The maximum atomic E-state index is 13.3. The Morgan fingerprint density at radius 1 is 0.267 bits per heavy atom. The second-order valence-corrected chi connectivity index (χ2v) is 25.9. The Balaban J connectivity index is 0.00000460. The molecule has 0 atom stereocenters. The van der Waals surface area contributed by atoms with E-state index in [9.17, 15) is 102 Å². The van der Waals surface area contributed by atoms with Crippen molar-refractivity contribution in [1.82, 2.24) is 0 Å². The minimum Gasteiger partial charge on any atom is -0.322 e. The van der Waals surface area contributed by atoms with Crippen molar-refractivity contribution in [2.24, 2.45) is 0 Å². The van der Waals surface area contributed by atoms with Gasteiger partial charge in [0.15, 0.2) is 0 Å². The van der Waals surface area contributed by atoms with Gasteiger partial charge in [0.25, 0.3) is 84.3 Å². The van der Waals surface area contributed by atoms with E-state index in [0.29, 0.717) is 36.4 Å². The molecule has 29 nitrogen and oxygen atoms in total. The normalized spacial score (nSPS) is 11.4. The summed E-state index contributed by atoms with van der Waals surface area (Å²) in [5.74, 6) is -3.18. The molecule has 0 fully saturated rings. The molecule has 8 rings (SSSR count). The van der Waals surface area contributed by atoms with Gasteiger partial charge < -0.3 is 31.9 Å². The molecule has 0 aromatic heterocycles. The first-order valence-corrected chi connectivity index (χ1v) is 31.4. The molecule has 0 aliphatic carbocycles. The van der Waals surface area contributed by atoms with Gasteiger partial charge in [-0.15, -0.1) is 0 Å². The van der Waals surface area contributed by atoms with Crippen LogP contribution in [0.2, 0.25) is 0 Å². The summed E-state index contributed by atoms with van der Waals surface area (Å²) >= 11 is 0. The SMILES string of the molecule is O=C(Nc1ccc(C(=O)Nc2ccc(C(=O)Nc3ccc(S(=O)(=O)O)c4cc(S(=O)(=O)O)cc(S(=O)(=O)O)c34)cc2)cc1)Nc1ccc(C(=O)Nc2ccc(C(=O)Nc3ccc(S(=O)(=O)O)c4cc(S(=O)(=O)O)cc(S(=O)(=O)O)c34)cc2)cc1.[Na].[Na].[Na].[Na].[Na].[Na]. The molecule has 0 saturated carbocycles. The van der Waals surface area contributed by atoms with Crippen LogP contribution in [0.15, 0.2) is 175 Å². The van der Waals surface area contributed by atoms with Crippen LogP contribution in [0.1, 0.15) is 41.4 Å². The second kappa shape index (κ2) is 32.6. The van der Waals surface area contributed by atoms with E-state index in [1.807, 2.05) is 0 Å². The van der Waals surface area contributed by atoms with Gasteiger partial charge in [0.05, 0.1) is 21.2 Å². The van der Waals surface area contributed by atoms with Gasteiger partial charge in [0.2, 0.25) is 0 Å². The number of benzene rings is 8. The number of rotatable bonds is 16. The van der Waals surface area contributed by atoms with Crippen LogP contribution >= 0.6 is 0 Å². The molecular weight excluding hydrogens is 1370 g/mol. The molecule has 0 saturated heterocycles. The molecule has 6 amide bonds. The van der Waals surface area contributed by atoms with Crippen molar-refractivity contribution in [1.29, 1.82) is 0 Å². The fraction of sp³-hybridized carbons (Fsp3) is 0. The zero-order valence-corrected chi connectivity index (χ0v) is 64.3. The fourth-order valence-corrected chi connectivity index (χ4v) is 12.1. The van der Waals surface area contributed by atoms with E-state index in [0.717, 1.165) is 12.1 Å². The van der Waals surface area contributed by atoms with Crippen molar-refractivity contribution in [2.75, 3.05) is 31.9 Å². The van der Waals surface area contributed by atoms with Crippen molar-refractivity contribution in [2.45, 2.75) is 29.4 Å². The van der Waals surface area contributed by atoms with Crippen molar-refractivity contribution in [3.8, 4) is 0 Å². The molecule has 0 heterocycles. The first-order chi connectivity index (χ1) is 38.9. The third-order valence-electron chi connectivity index (χ3n) is 11.8. The number of hydrogen-bond acceptors (Lipinski definition) is 17. The molecule has 8 aromatic carbocycles. The van der Waals surface area contributed by atoms with E-state index in [1.165, 1.54) is 97.1 Å². The van der Waals surface area contributed by atoms with Crippen LogP contribution in [0.4, 0.5) is 38.9 Å². The average Bonchev–Trinajstić information content (AvgIpc) is 0.759. The molecule has 0 aliphatic heterocycles. The zero-order valence-electron chi connectivity index (χ0n) is 47.4. The van der Waals surface area contributed by atoms with E-state index in [4.69, 9.17) is 0 Å². The molecule has 0 bridgehead atoms. The number of fused-ring (bicyclic) bond motifs is 2. The Hall–Kier alpha value is -3.11. The number of urea groups is 1. The molecular formula is C49H36N6Na6O23S6. The maximum Gasteiger partial charge on any atom is 0.323 e. The standard InChI is InChI=1S/C49H36N6O23S6.6Na/c56-45(50-29-9-1-27(2-10-29)47(58)54-37-17-19-39(81(67,68)69)35-21-33(79(61,62)63)23-41(43(35)37)83(73,74)75)25-5-13-31(14-6-25)52-49(60)53-32-15-7-26(8-16-32)46(57)51-30-11-3-28(4-12-30)48(59)55-38-18-20-40(82(70,71)72)36-22-34(80(64,65)66)24-42(44(36)38)84(76,77)78;;;;;;/h1-24H,(H,50,56)(H,51,57)(H,54,58)(H,55,59)(H2,52,53,60)(H,61,62,63)(H,64,65,66)(H,67,68,69)(H,70,71,72)(H,73,74,75)(H,76,77,78);;;;;;. The van der Waals surface area contributed by atoms with Crippen LogP contribution < -0.4 is 31.9 Å². The Kier molecular flexibility index (Phi) is 30.0. The topological polar surface area (TPSA) is 484 Å². The summed E-state index contributed by atoms with van der Waals surface area (Å²) in [7, 11) is -31.6. The van der Waals surface area contributed by atoms with Gasteiger partial charge in [-0.05, 0) is 146 Å². The number of amides is 6. The smallest absolute Gasteiger partial charge is 0.322 e. The number of carbonyl (C=O) groups is 5. The summed E-state index contributed by atoms with van der Waals surface area (Å²) in [4.78, 5) is 58.8. The largest absolute Gasteiger partial charge is 0.323 e. The monoisotopic (exact) mass is 1410 g/mol. The summed E-state index contributed by atoms with van der Waals surface area (Å²) in [6.07, 6.45) is 0. The van der Waals surface area contributed by atoms with Crippen LogP contribution in [0.25, 0.3) is 21.5 Å². The van der Waals surface area contributed by atoms with Gasteiger partial charge in [0.1, 0.15) is 19.6 Å². The summed E-state index contributed by atoms with van der Waals surface area (Å²) in [6.45, 7) is 0. The molecule has 12 N–H and O–H groups in total. The molecule has 0 unspecified atom stereocenters. The number of nitrogens with one attached hydrogen (secondary N) is 6. The quantitative estimate of drug-likeness (QED) is 0.0483. The van der Waals surface area contributed by atoms with Crippen LogP contribution in [-0.2, 0) is 60.7 Å². The first-order valence-electron chi connectivity index (χ1n) is 22.8. The summed E-state index contributed by atoms with van der Waals surface area (Å²) in [6, 6.07) is 25.3. The number of anilines is 6. The van der Waals surface area contributed by atoms with Crippen LogP contribution in [0.3, 0.4) is 0 Å². The minimum absolute atomic E-state index is 0. The minimum atomic E-state index is -5.40. The predicted octanol–water partition coefficient (Wildman–Crippen LogP) is 3.84. The zero-order chi connectivity index (χ0) is 61.6. The Bertz CT molecular complexity index is 4560. The number of carbonyl (C=O) groups excluding carboxylic acids is 5. The Morgan fingerprint density at radius 2 is 0.500 bits per heavy atom. The molecule has 6 radical (unpaired) electrons. The van der Waals surface area contributed by atoms with Gasteiger partial charge in [-0.25, -0.2) is 4.79 Å². The molecule has 0 spiro atoms. The van der Waals surface area contributed by atoms with Gasteiger partial charge in [-0.3, -0.25) is 46.5 Å². The third-order valence-corrected chi connectivity index (χ3v) is 17.1.